The normalized spacial score (nSPS) is 18.6. The largest absolute Gasteiger partial charge is 0.359 e. The minimum atomic E-state index is -3.66. The summed E-state index contributed by atoms with van der Waals surface area (Å²) in [6.07, 6.45) is 3.56. The molecule has 1 fully saturated rings. The van der Waals surface area contributed by atoms with Crippen LogP contribution in [0.15, 0.2) is 21.7 Å². The number of hydrogen-bond acceptors (Lipinski definition) is 6. The quantitative estimate of drug-likeness (QED) is 0.781. The first kappa shape index (κ1) is 19.6. The number of aromatic nitrogens is 3. The highest BCUT2D eigenvalue weighted by atomic mass is 32.2. The molecule has 1 atom stereocenters. The van der Waals surface area contributed by atoms with Crippen LogP contribution >= 0.6 is 0 Å². The minimum absolute atomic E-state index is 0.166. The zero-order chi connectivity index (χ0) is 19.6. The van der Waals surface area contributed by atoms with E-state index >= 15 is 0 Å². The van der Waals surface area contributed by atoms with Crippen molar-refractivity contribution in [2.24, 2.45) is 13.0 Å². The summed E-state index contributed by atoms with van der Waals surface area (Å²) in [5, 5.41) is 10.8. The van der Waals surface area contributed by atoms with Crippen LogP contribution in [0.2, 0.25) is 0 Å². The van der Waals surface area contributed by atoms with E-state index in [2.05, 4.69) is 15.6 Å². The maximum Gasteiger partial charge on any atom is 0.246 e. The highest BCUT2D eigenvalue weighted by Gasteiger charge is 2.34. The van der Waals surface area contributed by atoms with Crippen LogP contribution in [0.25, 0.3) is 0 Å². The van der Waals surface area contributed by atoms with Crippen molar-refractivity contribution in [2.75, 3.05) is 13.1 Å². The van der Waals surface area contributed by atoms with E-state index < -0.39 is 10.0 Å². The summed E-state index contributed by atoms with van der Waals surface area (Å²) in [7, 11) is -1.98. The Hall–Kier alpha value is -2.20. The minimum Gasteiger partial charge on any atom is -0.359 e. The molecular formula is C17H25N5O4S. The van der Waals surface area contributed by atoms with Gasteiger partial charge in [-0.15, -0.1) is 0 Å². The maximum absolute atomic E-state index is 12.9. The summed E-state index contributed by atoms with van der Waals surface area (Å²) in [4.78, 5) is 12.7. The Balaban J connectivity index is 1.64. The van der Waals surface area contributed by atoms with Crippen LogP contribution in [0.1, 0.15) is 36.9 Å². The predicted octanol–water partition coefficient (Wildman–Crippen LogP) is 0.996. The van der Waals surface area contributed by atoms with Gasteiger partial charge in [0.15, 0.2) is 5.76 Å². The van der Waals surface area contributed by atoms with Crippen molar-refractivity contribution in [2.45, 2.75) is 44.6 Å². The van der Waals surface area contributed by atoms with Gasteiger partial charge in [0.05, 0.1) is 23.9 Å². The number of carbonyl (C=O) groups is 1. The van der Waals surface area contributed by atoms with Crippen molar-refractivity contribution in [3.8, 4) is 0 Å². The Morgan fingerprint density at radius 2 is 2.22 bits per heavy atom. The second kappa shape index (κ2) is 7.81. The SMILES string of the molecule is CCc1cc(CNC(=O)[C@@H]2CCCN(S(=O)(=O)c3cn(C)nc3C)C2)on1. The Morgan fingerprint density at radius 3 is 2.85 bits per heavy atom. The molecule has 27 heavy (non-hydrogen) atoms. The number of nitrogens with zero attached hydrogens (tertiary/aromatic N) is 4. The fraction of sp³-hybridized carbons (Fsp3) is 0.588. The molecule has 0 aliphatic carbocycles. The fourth-order valence-electron chi connectivity index (χ4n) is 3.27. The van der Waals surface area contributed by atoms with Gasteiger partial charge in [0.25, 0.3) is 0 Å². The predicted molar refractivity (Wildman–Crippen MR) is 97.2 cm³/mol. The van der Waals surface area contributed by atoms with Gasteiger partial charge >= 0.3 is 0 Å². The Labute approximate surface area is 158 Å². The number of nitrogens with one attached hydrogen (secondary N) is 1. The Bertz CT molecular complexity index is 918. The zero-order valence-electron chi connectivity index (χ0n) is 15.8. The van der Waals surface area contributed by atoms with Gasteiger partial charge in [-0.25, -0.2) is 8.42 Å². The van der Waals surface area contributed by atoms with E-state index in [1.165, 1.54) is 15.2 Å². The van der Waals surface area contributed by atoms with Gasteiger partial charge in [0, 0.05) is 32.4 Å². The molecule has 2 aromatic heterocycles. The van der Waals surface area contributed by atoms with Gasteiger partial charge in [0.1, 0.15) is 4.90 Å². The molecule has 0 aromatic carbocycles. The van der Waals surface area contributed by atoms with Gasteiger partial charge in [-0.05, 0) is 26.2 Å². The number of aryl methyl sites for hydroxylation is 3. The second-order valence-electron chi connectivity index (χ2n) is 6.81. The molecule has 3 heterocycles. The van der Waals surface area contributed by atoms with E-state index in [0.29, 0.717) is 30.8 Å². The van der Waals surface area contributed by atoms with Crippen LogP contribution < -0.4 is 5.32 Å². The number of rotatable bonds is 6. The second-order valence-corrected chi connectivity index (χ2v) is 8.72. The van der Waals surface area contributed by atoms with E-state index in [4.69, 9.17) is 4.52 Å². The van der Waals surface area contributed by atoms with E-state index in [-0.39, 0.29) is 29.8 Å². The molecule has 0 radical (unpaired) electrons. The van der Waals surface area contributed by atoms with Gasteiger partial charge in [-0.3, -0.25) is 9.48 Å². The van der Waals surface area contributed by atoms with E-state index in [0.717, 1.165) is 12.1 Å². The molecule has 1 N–H and O–H groups in total. The highest BCUT2D eigenvalue weighted by molar-refractivity contribution is 7.89. The molecule has 1 amide bonds. The van der Waals surface area contributed by atoms with Gasteiger partial charge in [0.2, 0.25) is 15.9 Å². The summed E-state index contributed by atoms with van der Waals surface area (Å²) in [6.45, 7) is 4.46. The van der Waals surface area contributed by atoms with Crippen LogP contribution in [0.3, 0.4) is 0 Å². The van der Waals surface area contributed by atoms with Crippen LogP contribution in [0.4, 0.5) is 0 Å². The number of hydrogen-bond donors (Lipinski definition) is 1. The molecular weight excluding hydrogens is 370 g/mol. The van der Waals surface area contributed by atoms with Crippen molar-refractivity contribution in [3.05, 3.63) is 29.4 Å². The first-order chi connectivity index (χ1) is 12.8. The van der Waals surface area contributed by atoms with Crippen LogP contribution in [-0.2, 0) is 34.8 Å². The molecule has 3 rings (SSSR count). The summed E-state index contributed by atoms with van der Waals surface area (Å²) in [5.41, 5.74) is 1.29. The Kier molecular flexibility index (Phi) is 5.66. The molecule has 9 nitrogen and oxygen atoms in total. The van der Waals surface area contributed by atoms with Gasteiger partial charge < -0.3 is 9.84 Å². The lowest BCUT2D eigenvalue weighted by atomic mass is 9.99. The molecule has 0 saturated carbocycles. The smallest absolute Gasteiger partial charge is 0.246 e. The van der Waals surface area contributed by atoms with Crippen molar-refractivity contribution in [1.82, 2.24) is 24.6 Å². The molecule has 148 valence electrons. The number of carbonyl (C=O) groups excluding carboxylic acids is 1. The first-order valence-corrected chi connectivity index (χ1v) is 10.5. The first-order valence-electron chi connectivity index (χ1n) is 9.03. The lowest BCUT2D eigenvalue weighted by molar-refractivity contribution is -0.126. The summed E-state index contributed by atoms with van der Waals surface area (Å²) in [6, 6.07) is 1.81. The Morgan fingerprint density at radius 1 is 1.44 bits per heavy atom. The van der Waals surface area contributed by atoms with Crippen molar-refractivity contribution in [1.29, 1.82) is 0 Å². The van der Waals surface area contributed by atoms with Crippen LogP contribution in [0, 0.1) is 12.8 Å². The lowest BCUT2D eigenvalue weighted by Gasteiger charge is -2.30. The number of piperidine rings is 1. The highest BCUT2D eigenvalue weighted by Crippen LogP contribution is 2.25. The number of sulfonamides is 1. The molecule has 1 aliphatic heterocycles. The van der Waals surface area contributed by atoms with Crippen LogP contribution in [-0.4, -0.2) is 46.7 Å². The van der Waals surface area contributed by atoms with E-state index in [9.17, 15) is 13.2 Å². The maximum atomic E-state index is 12.9. The third-order valence-electron chi connectivity index (χ3n) is 4.75. The monoisotopic (exact) mass is 395 g/mol. The molecule has 0 unspecified atom stereocenters. The third-order valence-corrected chi connectivity index (χ3v) is 6.72. The van der Waals surface area contributed by atoms with Gasteiger partial charge in [-0.2, -0.15) is 9.40 Å². The molecule has 2 aromatic rings. The zero-order valence-corrected chi connectivity index (χ0v) is 16.6. The molecule has 1 saturated heterocycles. The standard InChI is InChI=1S/C17H25N5O4S/c1-4-14-8-15(26-20-14)9-18-17(23)13-6-5-7-22(10-13)27(24,25)16-11-21(3)19-12(16)2/h8,11,13H,4-7,9-10H2,1-3H3,(H,18,23)/t13-/m1/s1. The number of amides is 1. The summed E-state index contributed by atoms with van der Waals surface area (Å²) < 4.78 is 33.9. The molecule has 0 bridgehead atoms. The third kappa shape index (κ3) is 4.22. The van der Waals surface area contributed by atoms with E-state index in [1.54, 1.807) is 14.0 Å². The van der Waals surface area contributed by atoms with Crippen molar-refractivity contribution in [3.63, 3.8) is 0 Å². The molecule has 10 heteroatoms. The molecule has 0 spiro atoms. The summed E-state index contributed by atoms with van der Waals surface area (Å²) in [5.74, 6) is 0.0257. The van der Waals surface area contributed by atoms with E-state index in [1.807, 2.05) is 13.0 Å². The summed E-state index contributed by atoms with van der Waals surface area (Å²) >= 11 is 0. The van der Waals surface area contributed by atoms with Crippen molar-refractivity contribution >= 4 is 15.9 Å². The van der Waals surface area contributed by atoms with Gasteiger partial charge in [-0.1, -0.05) is 12.1 Å². The fourth-order valence-corrected chi connectivity index (χ4v) is 4.99. The lowest BCUT2D eigenvalue weighted by Crippen LogP contribution is -2.45. The average molecular weight is 395 g/mol. The van der Waals surface area contributed by atoms with Crippen LogP contribution in [0.5, 0.6) is 0 Å². The topological polar surface area (TPSA) is 110 Å². The molecule has 1 aliphatic rings. The van der Waals surface area contributed by atoms with Crippen molar-refractivity contribution < 1.29 is 17.7 Å². The average Bonchev–Trinajstić information content (AvgIpc) is 3.25.